The van der Waals surface area contributed by atoms with Crippen molar-refractivity contribution in [2.24, 2.45) is 0 Å². The van der Waals surface area contributed by atoms with Crippen LogP contribution >= 0.6 is 0 Å². The van der Waals surface area contributed by atoms with E-state index in [1.807, 2.05) is 22.8 Å². The fraction of sp³-hybridized carbons (Fsp3) is 0.0625. The van der Waals surface area contributed by atoms with Crippen molar-refractivity contribution in [3.8, 4) is 11.4 Å². The summed E-state index contributed by atoms with van der Waals surface area (Å²) in [7, 11) is 0. The van der Waals surface area contributed by atoms with E-state index in [4.69, 9.17) is 5.73 Å². The molecule has 0 amide bonds. The molecule has 0 saturated heterocycles. The number of halogens is 2. The lowest BCUT2D eigenvalue weighted by Crippen LogP contribution is -2.02. The van der Waals surface area contributed by atoms with Crippen molar-refractivity contribution < 1.29 is 8.78 Å². The molecule has 0 radical (unpaired) electrons. The van der Waals surface area contributed by atoms with E-state index in [9.17, 15) is 8.78 Å². The van der Waals surface area contributed by atoms with Crippen LogP contribution in [-0.4, -0.2) is 9.55 Å². The molecule has 21 heavy (non-hydrogen) atoms. The largest absolute Gasteiger partial charge is 0.399 e. The Morgan fingerprint density at radius 2 is 1.90 bits per heavy atom. The zero-order valence-corrected chi connectivity index (χ0v) is 11.1. The summed E-state index contributed by atoms with van der Waals surface area (Å²) in [4.78, 5) is 4.30. The third-order valence-corrected chi connectivity index (χ3v) is 3.20. The van der Waals surface area contributed by atoms with Gasteiger partial charge in [0.25, 0.3) is 0 Å². The fourth-order valence-electron chi connectivity index (χ4n) is 2.21. The lowest BCUT2D eigenvalue weighted by Gasteiger charge is -2.09. The first-order chi connectivity index (χ1) is 10.1. The predicted molar refractivity (Wildman–Crippen MR) is 77.5 cm³/mol. The summed E-state index contributed by atoms with van der Waals surface area (Å²) < 4.78 is 28.1. The third-order valence-electron chi connectivity index (χ3n) is 3.20. The minimum Gasteiger partial charge on any atom is -0.399 e. The van der Waals surface area contributed by atoms with Gasteiger partial charge in [-0.25, -0.2) is 13.8 Å². The van der Waals surface area contributed by atoms with Crippen LogP contribution in [0.3, 0.4) is 0 Å². The van der Waals surface area contributed by atoms with Crippen LogP contribution in [0, 0.1) is 11.6 Å². The van der Waals surface area contributed by atoms with Gasteiger partial charge in [0.15, 0.2) is 11.6 Å². The number of hydrogen-bond donors (Lipinski definition) is 1. The van der Waals surface area contributed by atoms with Crippen molar-refractivity contribution in [1.29, 1.82) is 0 Å². The molecule has 3 rings (SSSR count). The normalized spacial score (nSPS) is 10.8. The van der Waals surface area contributed by atoms with E-state index in [1.54, 1.807) is 24.5 Å². The lowest BCUT2D eigenvalue weighted by atomic mass is 10.1. The smallest absolute Gasteiger partial charge is 0.159 e. The third kappa shape index (κ3) is 2.76. The van der Waals surface area contributed by atoms with Gasteiger partial charge in [-0.2, -0.15) is 0 Å². The molecule has 0 aliphatic heterocycles. The standard InChI is InChI=1S/C16H13F2N3/c17-14-5-4-11(8-15(14)18)10-21-7-6-20-16(21)12-2-1-3-13(19)9-12/h1-9H,10,19H2. The number of rotatable bonds is 3. The van der Waals surface area contributed by atoms with Crippen molar-refractivity contribution in [3.05, 3.63) is 72.1 Å². The molecule has 2 aromatic carbocycles. The van der Waals surface area contributed by atoms with E-state index in [0.717, 1.165) is 17.5 Å². The number of nitrogen functional groups attached to an aromatic ring is 1. The minimum atomic E-state index is -0.849. The zero-order chi connectivity index (χ0) is 14.8. The molecule has 3 aromatic rings. The van der Waals surface area contributed by atoms with Gasteiger partial charge in [-0.05, 0) is 29.8 Å². The summed E-state index contributed by atoms with van der Waals surface area (Å²) in [5, 5.41) is 0. The van der Waals surface area contributed by atoms with E-state index in [0.29, 0.717) is 17.8 Å². The topological polar surface area (TPSA) is 43.8 Å². The van der Waals surface area contributed by atoms with Crippen LogP contribution in [-0.2, 0) is 6.54 Å². The van der Waals surface area contributed by atoms with E-state index in [2.05, 4.69) is 4.98 Å². The average molecular weight is 285 g/mol. The van der Waals surface area contributed by atoms with Crippen LogP contribution in [0.4, 0.5) is 14.5 Å². The molecular weight excluding hydrogens is 272 g/mol. The first kappa shape index (κ1) is 13.3. The number of benzene rings is 2. The number of aromatic nitrogens is 2. The van der Waals surface area contributed by atoms with Crippen molar-refractivity contribution in [2.75, 3.05) is 5.73 Å². The van der Waals surface area contributed by atoms with Crippen molar-refractivity contribution in [2.45, 2.75) is 6.54 Å². The van der Waals surface area contributed by atoms with Crippen molar-refractivity contribution >= 4 is 5.69 Å². The first-order valence-electron chi connectivity index (χ1n) is 6.44. The molecule has 5 heteroatoms. The molecule has 106 valence electrons. The van der Waals surface area contributed by atoms with Crippen LogP contribution < -0.4 is 5.73 Å². The lowest BCUT2D eigenvalue weighted by molar-refractivity contribution is 0.506. The first-order valence-corrected chi connectivity index (χ1v) is 6.44. The predicted octanol–water partition coefficient (Wildman–Crippen LogP) is 3.46. The van der Waals surface area contributed by atoms with E-state index in [1.165, 1.54) is 6.07 Å². The summed E-state index contributed by atoms with van der Waals surface area (Å²) in [6, 6.07) is 11.2. The van der Waals surface area contributed by atoms with E-state index >= 15 is 0 Å². The van der Waals surface area contributed by atoms with Gasteiger partial charge in [0.05, 0.1) is 0 Å². The minimum absolute atomic E-state index is 0.404. The highest BCUT2D eigenvalue weighted by molar-refractivity contribution is 5.61. The van der Waals surface area contributed by atoms with Crippen LogP contribution in [0.15, 0.2) is 54.9 Å². The number of hydrogen-bond acceptors (Lipinski definition) is 2. The number of anilines is 1. The summed E-state index contributed by atoms with van der Waals surface area (Å²) in [6.45, 7) is 0.404. The highest BCUT2D eigenvalue weighted by Crippen LogP contribution is 2.21. The van der Waals surface area contributed by atoms with Gasteiger partial charge in [-0.1, -0.05) is 18.2 Å². The van der Waals surface area contributed by atoms with Gasteiger partial charge in [-0.15, -0.1) is 0 Å². The SMILES string of the molecule is Nc1cccc(-c2nccn2Cc2ccc(F)c(F)c2)c1. The maximum Gasteiger partial charge on any atom is 0.159 e. The van der Waals surface area contributed by atoms with Crippen LogP contribution in [0.25, 0.3) is 11.4 Å². The number of imidazole rings is 1. The maximum absolute atomic E-state index is 13.3. The molecule has 0 spiro atoms. The second kappa shape index (κ2) is 5.36. The summed E-state index contributed by atoms with van der Waals surface area (Å²) in [5.41, 5.74) is 7.96. The Hall–Kier alpha value is -2.69. The van der Waals surface area contributed by atoms with Gasteiger partial charge in [0.1, 0.15) is 5.82 Å². The molecule has 1 heterocycles. The van der Waals surface area contributed by atoms with Gasteiger partial charge in [0, 0.05) is 30.2 Å². The quantitative estimate of drug-likeness (QED) is 0.749. The Labute approximate surface area is 120 Å². The second-order valence-electron chi connectivity index (χ2n) is 4.75. The van der Waals surface area contributed by atoms with Gasteiger partial charge < -0.3 is 10.3 Å². The molecule has 0 saturated carbocycles. The second-order valence-corrected chi connectivity index (χ2v) is 4.75. The molecular formula is C16H13F2N3. The Bertz CT molecular complexity index is 781. The Kier molecular flexibility index (Phi) is 3.39. The number of nitrogens with two attached hydrogens (primary N) is 1. The van der Waals surface area contributed by atoms with Crippen LogP contribution in [0.1, 0.15) is 5.56 Å². The van der Waals surface area contributed by atoms with Crippen molar-refractivity contribution in [3.63, 3.8) is 0 Å². The molecule has 1 aromatic heterocycles. The maximum atomic E-state index is 13.3. The van der Waals surface area contributed by atoms with Crippen LogP contribution in [0.2, 0.25) is 0 Å². The summed E-state index contributed by atoms with van der Waals surface area (Å²) >= 11 is 0. The molecule has 0 aliphatic carbocycles. The van der Waals surface area contributed by atoms with Crippen molar-refractivity contribution in [1.82, 2.24) is 9.55 Å². The van der Waals surface area contributed by atoms with E-state index < -0.39 is 11.6 Å². The monoisotopic (exact) mass is 285 g/mol. The van der Waals surface area contributed by atoms with E-state index in [-0.39, 0.29) is 0 Å². The molecule has 0 fully saturated rings. The van der Waals surface area contributed by atoms with Gasteiger partial charge in [0.2, 0.25) is 0 Å². The molecule has 0 aliphatic rings. The zero-order valence-electron chi connectivity index (χ0n) is 11.1. The number of nitrogens with zero attached hydrogens (tertiary/aromatic N) is 2. The van der Waals surface area contributed by atoms with Gasteiger partial charge in [-0.3, -0.25) is 0 Å². The molecule has 2 N–H and O–H groups in total. The molecule has 3 nitrogen and oxygen atoms in total. The van der Waals surface area contributed by atoms with Crippen LogP contribution in [0.5, 0.6) is 0 Å². The molecule has 0 atom stereocenters. The average Bonchev–Trinajstić information content (AvgIpc) is 2.91. The highest BCUT2D eigenvalue weighted by Gasteiger charge is 2.08. The Morgan fingerprint density at radius 1 is 1.05 bits per heavy atom. The van der Waals surface area contributed by atoms with Gasteiger partial charge >= 0.3 is 0 Å². The molecule has 0 unspecified atom stereocenters. The Balaban J connectivity index is 1.94. The summed E-state index contributed by atoms with van der Waals surface area (Å²) in [6.07, 6.45) is 3.46. The molecule has 0 bridgehead atoms. The highest BCUT2D eigenvalue weighted by atomic mass is 19.2. The fourth-order valence-corrected chi connectivity index (χ4v) is 2.21. The Morgan fingerprint density at radius 3 is 2.67 bits per heavy atom. The summed E-state index contributed by atoms with van der Waals surface area (Å²) in [5.74, 6) is -0.967.